The van der Waals surface area contributed by atoms with E-state index >= 15 is 0 Å². The molecule has 0 aliphatic carbocycles. The summed E-state index contributed by atoms with van der Waals surface area (Å²) >= 11 is 0. The van der Waals surface area contributed by atoms with E-state index in [0.29, 0.717) is 36.6 Å². The number of imide groups is 2. The molecule has 0 saturated carbocycles. The van der Waals surface area contributed by atoms with Gasteiger partial charge in [0, 0.05) is 37.4 Å². The Hall–Kier alpha value is -2.95. The Morgan fingerprint density at radius 3 is 2.00 bits per heavy atom. The lowest BCUT2D eigenvalue weighted by Crippen LogP contribution is -2.51. The molecule has 8 nitrogen and oxygen atoms in total. The summed E-state index contributed by atoms with van der Waals surface area (Å²) in [7, 11) is 0. The van der Waals surface area contributed by atoms with Crippen LogP contribution >= 0.6 is 0 Å². The van der Waals surface area contributed by atoms with Gasteiger partial charge in [0.05, 0.1) is 6.67 Å². The molecule has 156 valence electrons. The van der Waals surface area contributed by atoms with Gasteiger partial charge in [-0.3, -0.25) is 19.3 Å². The lowest BCUT2D eigenvalue weighted by Gasteiger charge is -2.37. The average Bonchev–Trinajstić information content (AvgIpc) is 2.86. The summed E-state index contributed by atoms with van der Waals surface area (Å²) in [6, 6.07) is 5.86. The molecule has 2 heterocycles. The highest BCUT2D eigenvalue weighted by Gasteiger charge is 2.49. The fourth-order valence-electron chi connectivity index (χ4n) is 3.25. The molecule has 0 unspecified atom stereocenters. The number of alkyl halides is 3. The molecule has 0 atom stereocenters. The number of piperazine rings is 1. The fraction of sp³-hybridized carbons (Fsp3) is 0.444. The van der Waals surface area contributed by atoms with Crippen LogP contribution in [-0.2, 0) is 9.59 Å². The first-order valence-corrected chi connectivity index (χ1v) is 8.89. The van der Waals surface area contributed by atoms with Crippen molar-refractivity contribution in [2.45, 2.75) is 13.1 Å². The van der Waals surface area contributed by atoms with Crippen molar-refractivity contribution in [2.24, 2.45) is 0 Å². The third-order valence-electron chi connectivity index (χ3n) is 4.83. The first-order valence-electron chi connectivity index (χ1n) is 8.89. The van der Waals surface area contributed by atoms with E-state index in [4.69, 9.17) is 0 Å². The zero-order valence-electron chi connectivity index (χ0n) is 15.6. The van der Waals surface area contributed by atoms with E-state index in [1.807, 2.05) is 12.1 Å². The second-order valence-electron chi connectivity index (χ2n) is 6.87. The molecule has 1 aromatic carbocycles. The van der Waals surface area contributed by atoms with E-state index in [9.17, 15) is 32.3 Å². The lowest BCUT2D eigenvalue weighted by molar-refractivity contribution is -0.156. The molecule has 2 fully saturated rings. The van der Waals surface area contributed by atoms with Crippen LogP contribution in [0.3, 0.4) is 0 Å². The van der Waals surface area contributed by atoms with Crippen LogP contribution < -0.4 is 4.90 Å². The average molecular weight is 412 g/mol. The normalized spacial score (nSPS) is 18.8. The number of urea groups is 1. The van der Waals surface area contributed by atoms with Gasteiger partial charge in [0.2, 0.25) is 0 Å². The van der Waals surface area contributed by atoms with Crippen LogP contribution in [0.4, 0.5) is 23.7 Å². The topological polar surface area (TPSA) is 81.2 Å². The van der Waals surface area contributed by atoms with Crippen LogP contribution in [0.15, 0.2) is 24.3 Å². The van der Waals surface area contributed by atoms with Gasteiger partial charge in [-0.1, -0.05) is 0 Å². The highest BCUT2D eigenvalue weighted by atomic mass is 19.4. The highest BCUT2D eigenvalue weighted by Crippen LogP contribution is 2.22. The van der Waals surface area contributed by atoms with Gasteiger partial charge in [-0.05, 0) is 31.2 Å². The van der Waals surface area contributed by atoms with Gasteiger partial charge in [0.15, 0.2) is 5.78 Å². The molecule has 0 aromatic heterocycles. The number of hydrogen-bond acceptors (Lipinski definition) is 6. The Labute approximate surface area is 164 Å². The van der Waals surface area contributed by atoms with E-state index in [0.717, 1.165) is 5.69 Å². The predicted octanol–water partition coefficient (Wildman–Crippen LogP) is 1.32. The maximum absolute atomic E-state index is 12.5. The summed E-state index contributed by atoms with van der Waals surface area (Å²) in [5, 5.41) is 0. The van der Waals surface area contributed by atoms with Crippen LogP contribution in [0.1, 0.15) is 17.3 Å². The largest absolute Gasteiger partial charge is 0.406 e. The Morgan fingerprint density at radius 1 is 0.931 bits per heavy atom. The summed E-state index contributed by atoms with van der Waals surface area (Å²) in [5.41, 5.74) is 1.51. The molecule has 1 aromatic rings. The smallest absolute Gasteiger partial charge is 0.369 e. The van der Waals surface area contributed by atoms with Crippen molar-refractivity contribution in [2.75, 3.05) is 44.3 Å². The van der Waals surface area contributed by atoms with Crippen molar-refractivity contribution >= 4 is 29.3 Å². The Balaban J connectivity index is 1.57. The van der Waals surface area contributed by atoms with Gasteiger partial charge < -0.3 is 4.90 Å². The monoisotopic (exact) mass is 412 g/mol. The second kappa shape index (κ2) is 7.82. The zero-order valence-corrected chi connectivity index (χ0v) is 15.6. The molecule has 29 heavy (non-hydrogen) atoms. The molecular formula is C18H19F3N4O4. The van der Waals surface area contributed by atoms with Crippen LogP contribution in [-0.4, -0.2) is 83.9 Å². The van der Waals surface area contributed by atoms with E-state index in [-0.39, 0.29) is 17.4 Å². The van der Waals surface area contributed by atoms with Crippen molar-refractivity contribution in [1.29, 1.82) is 0 Å². The number of amides is 4. The Kier molecular flexibility index (Phi) is 5.60. The molecule has 0 spiro atoms. The van der Waals surface area contributed by atoms with E-state index in [1.165, 1.54) is 6.92 Å². The van der Waals surface area contributed by atoms with Gasteiger partial charge in [-0.2, -0.15) is 13.2 Å². The number of halogens is 3. The summed E-state index contributed by atoms with van der Waals surface area (Å²) in [6.07, 6.45) is -4.77. The van der Waals surface area contributed by atoms with Crippen molar-refractivity contribution in [3.63, 3.8) is 0 Å². The lowest BCUT2D eigenvalue weighted by atomic mass is 10.1. The number of Topliss-reactive ketones (excluding diaryl/α,β-unsaturated/α-hetero) is 1. The maximum Gasteiger partial charge on any atom is 0.406 e. The van der Waals surface area contributed by atoms with Crippen LogP contribution in [0.5, 0.6) is 0 Å². The van der Waals surface area contributed by atoms with Crippen molar-refractivity contribution < 1.29 is 32.3 Å². The first-order chi connectivity index (χ1) is 13.6. The van der Waals surface area contributed by atoms with Crippen LogP contribution in [0, 0.1) is 0 Å². The van der Waals surface area contributed by atoms with Gasteiger partial charge in [-0.15, -0.1) is 0 Å². The fourth-order valence-corrected chi connectivity index (χ4v) is 3.25. The minimum absolute atomic E-state index is 0.0320. The molecular weight excluding hydrogens is 393 g/mol. The van der Waals surface area contributed by atoms with Gasteiger partial charge in [0.1, 0.15) is 6.54 Å². The van der Waals surface area contributed by atoms with Crippen molar-refractivity contribution in [3.05, 3.63) is 29.8 Å². The maximum atomic E-state index is 12.5. The van der Waals surface area contributed by atoms with E-state index < -0.39 is 30.6 Å². The molecule has 11 heteroatoms. The number of anilines is 1. The Morgan fingerprint density at radius 2 is 1.48 bits per heavy atom. The van der Waals surface area contributed by atoms with E-state index in [2.05, 4.69) is 4.90 Å². The minimum atomic E-state index is -4.77. The van der Waals surface area contributed by atoms with E-state index in [1.54, 1.807) is 17.0 Å². The number of carbonyl (C=O) groups excluding carboxylic acids is 4. The summed E-state index contributed by atoms with van der Waals surface area (Å²) < 4.78 is 37.6. The zero-order chi connectivity index (χ0) is 21.3. The molecule has 0 bridgehead atoms. The summed E-state index contributed by atoms with van der Waals surface area (Å²) in [5.74, 6) is -2.74. The molecule has 3 rings (SSSR count). The van der Waals surface area contributed by atoms with Gasteiger partial charge in [-0.25, -0.2) is 14.6 Å². The number of nitrogens with zero attached hydrogens (tertiary/aromatic N) is 4. The number of ketones is 1. The van der Waals surface area contributed by atoms with Gasteiger partial charge >= 0.3 is 24.0 Å². The molecule has 2 aliphatic heterocycles. The second-order valence-corrected chi connectivity index (χ2v) is 6.87. The molecule has 0 radical (unpaired) electrons. The first kappa shape index (κ1) is 20.8. The number of rotatable bonds is 5. The number of hydrogen-bond donors (Lipinski definition) is 0. The van der Waals surface area contributed by atoms with Crippen molar-refractivity contribution in [3.8, 4) is 0 Å². The summed E-state index contributed by atoms with van der Waals surface area (Å²) in [6.45, 7) is 1.45. The third kappa shape index (κ3) is 4.56. The molecule has 4 amide bonds. The van der Waals surface area contributed by atoms with Crippen LogP contribution in [0.2, 0.25) is 0 Å². The minimum Gasteiger partial charge on any atom is -0.369 e. The quantitative estimate of drug-likeness (QED) is 0.412. The highest BCUT2D eigenvalue weighted by molar-refractivity contribution is 6.44. The Bertz CT molecular complexity index is 833. The molecule has 0 N–H and O–H groups in total. The molecule has 2 saturated heterocycles. The standard InChI is InChI=1S/C18H19F3N4O4/c1-12(26)13-2-4-14(5-3-13)23-8-6-22(7-9-23)11-25-16(28)15(27)24(17(25)29)10-18(19,20)21/h2-5H,6-11H2,1H3. The third-order valence-corrected chi connectivity index (χ3v) is 4.83. The van der Waals surface area contributed by atoms with Crippen LogP contribution in [0.25, 0.3) is 0 Å². The molecule has 2 aliphatic rings. The summed E-state index contributed by atoms with van der Waals surface area (Å²) in [4.78, 5) is 51.4. The van der Waals surface area contributed by atoms with Gasteiger partial charge in [0.25, 0.3) is 0 Å². The SMILES string of the molecule is CC(=O)c1ccc(N2CCN(CN3C(=O)C(=O)N(CC(F)(F)F)C3=O)CC2)cc1. The van der Waals surface area contributed by atoms with Crippen molar-refractivity contribution in [1.82, 2.24) is 14.7 Å². The number of carbonyl (C=O) groups is 4. The number of benzene rings is 1. The predicted molar refractivity (Wildman–Crippen MR) is 95.1 cm³/mol.